The zero-order chi connectivity index (χ0) is 33.0. The summed E-state index contributed by atoms with van der Waals surface area (Å²) < 4.78 is 11.6. The predicted molar refractivity (Wildman–Crippen MR) is 191 cm³/mol. The molecular weight excluding hydrogens is 568 g/mol. The van der Waals surface area contributed by atoms with Crippen LogP contribution in [0.1, 0.15) is 76.6 Å². The Balaban J connectivity index is 1.60. The van der Waals surface area contributed by atoms with E-state index in [0.29, 0.717) is 11.3 Å². The van der Waals surface area contributed by atoms with E-state index in [-0.39, 0.29) is 22.3 Å². The number of benzene rings is 5. The summed E-state index contributed by atoms with van der Waals surface area (Å²) in [5.74, 6) is 1.86. The van der Waals surface area contributed by atoms with Crippen LogP contribution in [0.5, 0.6) is 23.0 Å². The number of phenols is 2. The molecule has 46 heavy (non-hydrogen) atoms. The predicted octanol–water partition coefficient (Wildman–Crippen LogP) is 10.7. The summed E-state index contributed by atoms with van der Waals surface area (Å²) in [5, 5.41) is 25.7. The van der Waals surface area contributed by atoms with E-state index in [1.54, 1.807) is 20.3 Å². The van der Waals surface area contributed by atoms with Gasteiger partial charge in [0.2, 0.25) is 0 Å². The van der Waals surface area contributed by atoms with Gasteiger partial charge in [0.15, 0.2) is 0 Å². The maximum absolute atomic E-state index is 12.3. The number of fused-ring (bicyclic) bond motifs is 2. The summed E-state index contributed by atoms with van der Waals surface area (Å²) >= 11 is 0. The second-order valence-electron chi connectivity index (χ2n) is 14.7. The Bertz CT molecular complexity index is 1950. The molecule has 0 unspecified atom stereocenters. The molecule has 0 heterocycles. The lowest BCUT2D eigenvalue weighted by atomic mass is 9.80. The molecule has 0 saturated carbocycles. The molecule has 0 fully saturated rings. The molecular formula is C42H46O4. The molecule has 4 nitrogen and oxygen atoms in total. The van der Waals surface area contributed by atoms with Crippen molar-refractivity contribution in [1.29, 1.82) is 0 Å². The Morgan fingerprint density at radius 1 is 0.587 bits per heavy atom. The van der Waals surface area contributed by atoms with Crippen molar-refractivity contribution in [3.63, 3.8) is 0 Å². The van der Waals surface area contributed by atoms with Crippen LogP contribution in [0, 0.1) is 0 Å². The summed E-state index contributed by atoms with van der Waals surface area (Å²) in [6, 6.07) is 24.8. The third-order valence-corrected chi connectivity index (χ3v) is 9.60. The molecule has 0 spiro atoms. The summed E-state index contributed by atoms with van der Waals surface area (Å²) in [6.07, 6.45) is 3.91. The molecule has 0 aromatic heterocycles. The highest BCUT2D eigenvalue weighted by Gasteiger charge is 2.27. The van der Waals surface area contributed by atoms with Gasteiger partial charge in [0, 0.05) is 27.8 Å². The van der Waals surface area contributed by atoms with Crippen molar-refractivity contribution < 1.29 is 19.7 Å². The minimum atomic E-state index is -0.0750. The van der Waals surface area contributed by atoms with Gasteiger partial charge in [-0.05, 0) is 118 Å². The van der Waals surface area contributed by atoms with Crippen molar-refractivity contribution in [3.05, 3.63) is 95.1 Å². The molecule has 0 aliphatic heterocycles. The van der Waals surface area contributed by atoms with Crippen LogP contribution in [-0.2, 0) is 23.7 Å². The van der Waals surface area contributed by atoms with Crippen molar-refractivity contribution in [3.8, 4) is 56.4 Å². The first kappa shape index (κ1) is 31.5. The van der Waals surface area contributed by atoms with E-state index >= 15 is 0 Å². The number of ether oxygens (including phenoxy) is 2. The first-order valence-electron chi connectivity index (χ1n) is 16.3. The number of hydrogen-bond acceptors (Lipinski definition) is 4. The summed E-state index contributed by atoms with van der Waals surface area (Å²) in [4.78, 5) is 0. The smallest absolute Gasteiger partial charge is 0.131 e. The molecule has 0 radical (unpaired) electrons. The second-order valence-corrected chi connectivity index (χ2v) is 14.7. The molecule has 1 aliphatic carbocycles. The summed E-state index contributed by atoms with van der Waals surface area (Å²) in [7, 11) is 3.38. The molecule has 0 amide bonds. The van der Waals surface area contributed by atoms with Crippen LogP contribution in [0.2, 0.25) is 0 Å². The highest BCUT2D eigenvalue weighted by molar-refractivity contribution is 6.05. The second kappa shape index (κ2) is 11.7. The Kier molecular flexibility index (Phi) is 8.04. The van der Waals surface area contributed by atoms with Crippen LogP contribution in [-0.4, -0.2) is 24.4 Å². The van der Waals surface area contributed by atoms with E-state index in [9.17, 15) is 10.2 Å². The number of hydrogen-bond donors (Lipinski definition) is 2. The standard InChI is InChI=1S/C42H46O4/c1-41(2,3)28-15-19-36(45-7)32(23-28)27-13-17-31-26(21-27)14-18-35(43)38(31)39-30-12-10-9-11-25(30)22-34(40(39)44)33-24-29(42(4,5)6)16-20-37(33)46-8/h13-24,43-44H,9-12H2,1-8H3. The first-order valence-corrected chi connectivity index (χ1v) is 16.3. The van der Waals surface area contributed by atoms with E-state index in [0.717, 1.165) is 81.1 Å². The number of aromatic hydroxyl groups is 2. The van der Waals surface area contributed by atoms with Crippen LogP contribution in [0.3, 0.4) is 0 Å². The maximum atomic E-state index is 12.3. The number of aryl methyl sites for hydroxylation is 1. The average molecular weight is 615 g/mol. The van der Waals surface area contributed by atoms with Gasteiger partial charge < -0.3 is 19.7 Å². The molecule has 5 aromatic rings. The van der Waals surface area contributed by atoms with E-state index in [2.05, 4.69) is 90.1 Å². The summed E-state index contributed by atoms with van der Waals surface area (Å²) in [6.45, 7) is 13.2. The lowest BCUT2D eigenvalue weighted by Crippen LogP contribution is -2.11. The van der Waals surface area contributed by atoms with Crippen molar-refractivity contribution in [2.24, 2.45) is 0 Å². The van der Waals surface area contributed by atoms with Crippen molar-refractivity contribution in [2.45, 2.75) is 78.1 Å². The Hall–Kier alpha value is -4.44. The van der Waals surface area contributed by atoms with Gasteiger partial charge in [-0.1, -0.05) is 71.9 Å². The Labute approximate surface area is 273 Å². The normalized spacial score (nSPS) is 13.5. The number of methoxy groups -OCH3 is 2. The SMILES string of the molecule is COc1ccc(C(C)(C)C)cc1-c1ccc2c(-c3c(O)c(-c4cc(C(C)(C)C)ccc4OC)cc4c3CCCC4)c(O)ccc2c1. The number of rotatable bonds is 5. The van der Waals surface area contributed by atoms with Crippen LogP contribution in [0.4, 0.5) is 0 Å². The third kappa shape index (κ3) is 5.59. The molecule has 0 saturated heterocycles. The first-order chi connectivity index (χ1) is 21.8. The highest BCUT2D eigenvalue weighted by atomic mass is 16.5. The van der Waals surface area contributed by atoms with Crippen LogP contribution < -0.4 is 9.47 Å². The Morgan fingerprint density at radius 3 is 1.83 bits per heavy atom. The van der Waals surface area contributed by atoms with E-state index in [1.165, 1.54) is 11.1 Å². The summed E-state index contributed by atoms with van der Waals surface area (Å²) in [5.41, 5.74) is 9.69. The van der Waals surface area contributed by atoms with Gasteiger partial charge in [-0.3, -0.25) is 0 Å². The van der Waals surface area contributed by atoms with Crippen LogP contribution in [0.25, 0.3) is 44.2 Å². The van der Waals surface area contributed by atoms with Crippen LogP contribution in [0.15, 0.2) is 72.8 Å². The molecule has 0 atom stereocenters. The quantitative estimate of drug-likeness (QED) is 0.207. The number of phenolic OH excluding ortho intramolecular Hbond substituents is 2. The van der Waals surface area contributed by atoms with Gasteiger partial charge in [0.05, 0.1) is 14.2 Å². The Morgan fingerprint density at radius 2 is 1.20 bits per heavy atom. The zero-order valence-electron chi connectivity index (χ0n) is 28.5. The minimum Gasteiger partial charge on any atom is -0.507 e. The monoisotopic (exact) mass is 614 g/mol. The molecule has 238 valence electrons. The van der Waals surface area contributed by atoms with Gasteiger partial charge in [0.1, 0.15) is 23.0 Å². The maximum Gasteiger partial charge on any atom is 0.131 e. The highest BCUT2D eigenvalue weighted by Crippen LogP contribution is 2.51. The van der Waals surface area contributed by atoms with E-state index < -0.39 is 0 Å². The molecule has 0 bridgehead atoms. The molecule has 1 aliphatic rings. The molecule has 2 N–H and O–H groups in total. The van der Waals surface area contributed by atoms with Gasteiger partial charge in [-0.15, -0.1) is 0 Å². The fourth-order valence-electron chi connectivity index (χ4n) is 6.90. The van der Waals surface area contributed by atoms with Crippen molar-refractivity contribution in [2.75, 3.05) is 14.2 Å². The lowest BCUT2D eigenvalue weighted by Gasteiger charge is -2.26. The van der Waals surface area contributed by atoms with Crippen LogP contribution >= 0.6 is 0 Å². The molecule has 5 aromatic carbocycles. The van der Waals surface area contributed by atoms with Crippen molar-refractivity contribution >= 4 is 10.8 Å². The third-order valence-electron chi connectivity index (χ3n) is 9.60. The van der Waals surface area contributed by atoms with E-state index in [1.807, 2.05) is 18.2 Å². The zero-order valence-corrected chi connectivity index (χ0v) is 28.5. The molecule has 4 heteroatoms. The topological polar surface area (TPSA) is 58.9 Å². The van der Waals surface area contributed by atoms with Gasteiger partial charge >= 0.3 is 0 Å². The molecule has 6 rings (SSSR count). The minimum absolute atomic E-state index is 0.00640. The van der Waals surface area contributed by atoms with Gasteiger partial charge in [-0.25, -0.2) is 0 Å². The fourth-order valence-corrected chi connectivity index (χ4v) is 6.90. The fraction of sp³-hybridized carbons (Fsp3) is 0.333. The van der Waals surface area contributed by atoms with Gasteiger partial charge in [-0.2, -0.15) is 0 Å². The largest absolute Gasteiger partial charge is 0.507 e. The lowest BCUT2D eigenvalue weighted by molar-refractivity contribution is 0.415. The van der Waals surface area contributed by atoms with Crippen molar-refractivity contribution in [1.82, 2.24) is 0 Å². The van der Waals surface area contributed by atoms with E-state index in [4.69, 9.17) is 9.47 Å². The average Bonchev–Trinajstić information content (AvgIpc) is 3.03. The van der Waals surface area contributed by atoms with Gasteiger partial charge in [0.25, 0.3) is 0 Å².